The number of hydrogen-bond donors (Lipinski definition) is 1. The van der Waals surface area contributed by atoms with Crippen LogP contribution in [0, 0.1) is 12.8 Å². The molecule has 2 saturated heterocycles. The summed E-state index contributed by atoms with van der Waals surface area (Å²) in [6.07, 6.45) is 2.68. The minimum Gasteiger partial charge on any atom is -0.389 e. The fourth-order valence-corrected chi connectivity index (χ4v) is 3.82. The molecule has 2 fully saturated rings. The van der Waals surface area contributed by atoms with Gasteiger partial charge in [-0.2, -0.15) is 0 Å². The van der Waals surface area contributed by atoms with Crippen molar-refractivity contribution < 1.29 is 5.11 Å². The molecule has 0 aliphatic carbocycles. The van der Waals surface area contributed by atoms with Gasteiger partial charge < -0.3 is 14.9 Å². The first-order valence-corrected chi connectivity index (χ1v) is 8.58. The molecule has 2 aliphatic heterocycles. The summed E-state index contributed by atoms with van der Waals surface area (Å²) in [6.45, 7) is 11.2. The zero-order valence-corrected chi connectivity index (χ0v) is 14.0. The summed E-state index contributed by atoms with van der Waals surface area (Å²) >= 11 is 0. The van der Waals surface area contributed by atoms with E-state index in [-0.39, 0.29) is 0 Å². The van der Waals surface area contributed by atoms with E-state index < -0.39 is 5.60 Å². The molecule has 1 aromatic heterocycles. The molecule has 5 nitrogen and oxygen atoms in total. The smallest absolute Gasteiger partial charge is 0.132 e. The van der Waals surface area contributed by atoms with Crippen LogP contribution in [0.5, 0.6) is 0 Å². The molecule has 0 saturated carbocycles. The van der Waals surface area contributed by atoms with Crippen LogP contribution in [0.25, 0.3) is 0 Å². The van der Waals surface area contributed by atoms with Gasteiger partial charge in [0.15, 0.2) is 0 Å². The lowest BCUT2D eigenvalue weighted by Crippen LogP contribution is -2.60. The average molecular weight is 304 g/mol. The Morgan fingerprint density at radius 1 is 1.23 bits per heavy atom. The van der Waals surface area contributed by atoms with Crippen LogP contribution in [0.4, 0.5) is 5.82 Å². The summed E-state index contributed by atoms with van der Waals surface area (Å²) in [5.74, 6) is 2.18. The molecule has 5 heteroatoms. The number of rotatable bonds is 3. The Balaban J connectivity index is 1.79. The zero-order valence-electron chi connectivity index (χ0n) is 14.0. The van der Waals surface area contributed by atoms with E-state index in [4.69, 9.17) is 0 Å². The number of fused-ring (bicyclic) bond motifs is 1. The summed E-state index contributed by atoms with van der Waals surface area (Å²) < 4.78 is 0. The van der Waals surface area contributed by atoms with E-state index in [1.54, 1.807) is 0 Å². The molecule has 22 heavy (non-hydrogen) atoms. The third kappa shape index (κ3) is 2.97. The van der Waals surface area contributed by atoms with Crippen molar-refractivity contribution in [2.24, 2.45) is 5.92 Å². The van der Waals surface area contributed by atoms with Crippen LogP contribution in [-0.2, 0) is 6.42 Å². The number of aromatic nitrogens is 2. The van der Waals surface area contributed by atoms with Gasteiger partial charge >= 0.3 is 0 Å². The molecule has 0 aromatic carbocycles. The second kappa shape index (κ2) is 6.13. The number of likely N-dealkylation sites (tertiary alicyclic amines) is 1. The van der Waals surface area contributed by atoms with Gasteiger partial charge in [0.2, 0.25) is 0 Å². The molecule has 122 valence electrons. The summed E-state index contributed by atoms with van der Waals surface area (Å²) in [4.78, 5) is 13.9. The van der Waals surface area contributed by atoms with E-state index in [1.807, 2.05) is 6.92 Å². The number of piperidine rings is 2. The molecule has 1 N–H and O–H groups in total. The molecule has 2 atom stereocenters. The number of hydrogen-bond acceptors (Lipinski definition) is 5. The first kappa shape index (κ1) is 15.7. The van der Waals surface area contributed by atoms with Crippen LogP contribution in [0.1, 0.15) is 38.2 Å². The Morgan fingerprint density at radius 3 is 2.73 bits per heavy atom. The van der Waals surface area contributed by atoms with E-state index >= 15 is 0 Å². The van der Waals surface area contributed by atoms with E-state index in [0.717, 1.165) is 69.3 Å². The maximum Gasteiger partial charge on any atom is 0.132 e. The van der Waals surface area contributed by atoms with Crippen molar-refractivity contribution in [3.8, 4) is 0 Å². The Morgan fingerprint density at radius 2 is 2.00 bits per heavy atom. The molecule has 0 radical (unpaired) electrons. The van der Waals surface area contributed by atoms with Gasteiger partial charge in [0.05, 0.1) is 5.60 Å². The van der Waals surface area contributed by atoms with Crippen molar-refractivity contribution >= 4 is 5.82 Å². The Bertz CT molecular complexity index is 535. The lowest BCUT2D eigenvalue weighted by atomic mass is 9.75. The SMILES string of the molecule is CCc1cc(N2CC[C@@]3(O)CCN(CC)C[C@H]3C2)nc(C)n1. The number of aryl methyl sites for hydroxylation is 2. The van der Waals surface area contributed by atoms with Gasteiger partial charge in [0, 0.05) is 43.9 Å². The Labute approximate surface area is 133 Å². The van der Waals surface area contributed by atoms with E-state index in [2.05, 4.69) is 39.7 Å². The van der Waals surface area contributed by atoms with Gasteiger partial charge in [0.25, 0.3) is 0 Å². The van der Waals surface area contributed by atoms with Crippen LogP contribution >= 0.6 is 0 Å². The molecule has 2 aliphatic rings. The Hall–Kier alpha value is -1.20. The summed E-state index contributed by atoms with van der Waals surface area (Å²) in [7, 11) is 0. The molecular weight excluding hydrogens is 276 g/mol. The predicted molar refractivity (Wildman–Crippen MR) is 88.1 cm³/mol. The number of nitrogens with zero attached hydrogens (tertiary/aromatic N) is 4. The molecule has 0 unspecified atom stereocenters. The summed E-state index contributed by atoms with van der Waals surface area (Å²) in [5.41, 5.74) is 0.625. The van der Waals surface area contributed by atoms with Crippen molar-refractivity contribution in [3.05, 3.63) is 17.6 Å². The van der Waals surface area contributed by atoms with Gasteiger partial charge in [-0.25, -0.2) is 9.97 Å². The second-order valence-electron chi connectivity index (χ2n) is 6.76. The van der Waals surface area contributed by atoms with Crippen LogP contribution < -0.4 is 4.90 Å². The van der Waals surface area contributed by atoms with E-state index in [1.165, 1.54) is 0 Å². The molecule has 0 spiro atoms. The number of aliphatic hydroxyl groups is 1. The molecule has 0 bridgehead atoms. The standard InChI is InChI=1S/C17H28N4O/c1-4-15-10-16(19-13(3)18-15)21-9-7-17(22)6-8-20(5-2)11-14(17)12-21/h10,14,22H,4-9,11-12H2,1-3H3/t14-,17-/m0/s1. The highest BCUT2D eigenvalue weighted by Crippen LogP contribution is 2.36. The highest BCUT2D eigenvalue weighted by Gasteiger charge is 2.44. The lowest BCUT2D eigenvalue weighted by Gasteiger charge is -2.50. The fourth-order valence-electron chi connectivity index (χ4n) is 3.82. The van der Waals surface area contributed by atoms with Gasteiger partial charge in [-0.1, -0.05) is 13.8 Å². The maximum absolute atomic E-state index is 10.9. The fraction of sp³-hybridized carbons (Fsp3) is 0.765. The van der Waals surface area contributed by atoms with E-state index in [9.17, 15) is 5.11 Å². The van der Waals surface area contributed by atoms with Gasteiger partial charge in [-0.15, -0.1) is 0 Å². The van der Waals surface area contributed by atoms with Crippen molar-refractivity contribution in [2.75, 3.05) is 37.6 Å². The minimum absolute atomic E-state index is 0.315. The minimum atomic E-state index is -0.474. The molecule has 3 rings (SSSR count). The largest absolute Gasteiger partial charge is 0.389 e. The normalized spacial score (nSPS) is 29.5. The molecular formula is C17H28N4O. The lowest BCUT2D eigenvalue weighted by molar-refractivity contribution is -0.0822. The van der Waals surface area contributed by atoms with Crippen molar-refractivity contribution in [1.82, 2.24) is 14.9 Å². The zero-order chi connectivity index (χ0) is 15.7. The molecule has 1 aromatic rings. The van der Waals surface area contributed by atoms with Crippen molar-refractivity contribution in [1.29, 1.82) is 0 Å². The topological polar surface area (TPSA) is 52.5 Å². The van der Waals surface area contributed by atoms with Crippen LogP contribution in [0.15, 0.2) is 6.07 Å². The molecule has 3 heterocycles. The monoisotopic (exact) mass is 304 g/mol. The number of anilines is 1. The van der Waals surface area contributed by atoms with Gasteiger partial charge in [-0.3, -0.25) is 0 Å². The highest BCUT2D eigenvalue weighted by molar-refractivity contribution is 5.41. The third-order valence-electron chi connectivity index (χ3n) is 5.37. The average Bonchev–Trinajstić information content (AvgIpc) is 2.53. The van der Waals surface area contributed by atoms with Gasteiger partial charge in [0.1, 0.15) is 11.6 Å². The van der Waals surface area contributed by atoms with Crippen molar-refractivity contribution in [3.63, 3.8) is 0 Å². The van der Waals surface area contributed by atoms with Gasteiger partial charge in [-0.05, 0) is 32.7 Å². The summed E-state index contributed by atoms with van der Waals surface area (Å²) in [6, 6.07) is 2.11. The van der Waals surface area contributed by atoms with E-state index in [0.29, 0.717) is 5.92 Å². The van der Waals surface area contributed by atoms with Crippen LogP contribution in [0.3, 0.4) is 0 Å². The third-order valence-corrected chi connectivity index (χ3v) is 5.37. The molecule has 0 amide bonds. The van der Waals surface area contributed by atoms with Crippen LogP contribution in [0.2, 0.25) is 0 Å². The maximum atomic E-state index is 10.9. The quantitative estimate of drug-likeness (QED) is 0.920. The Kier molecular flexibility index (Phi) is 4.37. The first-order valence-electron chi connectivity index (χ1n) is 8.58. The summed E-state index contributed by atoms with van der Waals surface area (Å²) in [5, 5.41) is 10.9. The van der Waals surface area contributed by atoms with Crippen LogP contribution in [-0.4, -0.2) is 58.3 Å². The predicted octanol–water partition coefficient (Wildman–Crippen LogP) is 1.63. The first-order chi connectivity index (χ1) is 10.5. The van der Waals surface area contributed by atoms with Crippen molar-refractivity contribution in [2.45, 2.75) is 45.6 Å². The highest BCUT2D eigenvalue weighted by atomic mass is 16.3. The second-order valence-corrected chi connectivity index (χ2v) is 6.76.